The van der Waals surface area contributed by atoms with Gasteiger partial charge in [-0.05, 0) is 62.8 Å². The average molecular weight is 433 g/mol. The Balaban J connectivity index is 2.10. The van der Waals surface area contributed by atoms with E-state index in [2.05, 4.69) is 23.0 Å². The molecular weight excluding hydrogens is 397 g/mol. The average Bonchev–Trinajstić information content (AvgIpc) is 2.75. The smallest absolute Gasteiger partial charge is 0.169 e. The molecule has 1 heterocycles. The lowest BCUT2D eigenvalue weighted by Crippen LogP contribution is -2.01. The molecule has 0 radical (unpaired) electrons. The Hall–Kier alpha value is -2.17. The lowest BCUT2D eigenvalue weighted by Gasteiger charge is -2.09. The van der Waals surface area contributed by atoms with E-state index in [0.717, 1.165) is 55.8 Å². The summed E-state index contributed by atoms with van der Waals surface area (Å²) in [5, 5.41) is 0. The number of aryl methyl sites for hydroxylation is 1. The minimum absolute atomic E-state index is 0.0673. The van der Waals surface area contributed by atoms with Crippen LogP contribution < -0.4 is 0 Å². The summed E-state index contributed by atoms with van der Waals surface area (Å²) in [5.41, 5.74) is 1.80. The summed E-state index contributed by atoms with van der Waals surface area (Å²) in [7, 11) is 0. The van der Waals surface area contributed by atoms with E-state index in [-0.39, 0.29) is 11.4 Å². The van der Waals surface area contributed by atoms with Gasteiger partial charge in [0.2, 0.25) is 0 Å². The van der Waals surface area contributed by atoms with E-state index >= 15 is 0 Å². The van der Waals surface area contributed by atoms with Crippen LogP contribution in [0.25, 0.3) is 17.5 Å². The largest absolute Gasteiger partial charge is 0.248 e. The van der Waals surface area contributed by atoms with Gasteiger partial charge in [-0.15, -0.1) is 0 Å². The summed E-state index contributed by atoms with van der Waals surface area (Å²) in [5.74, 6) is -1.65. The lowest BCUT2D eigenvalue weighted by atomic mass is 10.0. The Kier molecular flexibility index (Phi) is 11.3. The Morgan fingerprint density at radius 2 is 1.77 bits per heavy atom. The van der Waals surface area contributed by atoms with E-state index in [1.54, 1.807) is 13.1 Å². The standard InChI is InChI=1S/C26H35F3N2/c1-3-4-5-6-7-8-12-18-24-21(15-11-9-10-14-20(2)27)19-30-26(31-24)22-16-13-17-23(28)25(22)29/h12-13,16-20H,3-11,14-15H2,1-2H3. The van der Waals surface area contributed by atoms with Crippen molar-refractivity contribution >= 4 is 6.08 Å². The Morgan fingerprint density at radius 3 is 2.55 bits per heavy atom. The zero-order valence-corrected chi connectivity index (χ0v) is 18.8. The van der Waals surface area contributed by atoms with E-state index in [1.807, 2.05) is 6.08 Å². The Labute approximate surface area is 185 Å². The molecule has 0 fully saturated rings. The van der Waals surface area contributed by atoms with Crippen LogP contribution in [0.2, 0.25) is 0 Å². The van der Waals surface area contributed by atoms with E-state index in [4.69, 9.17) is 0 Å². The summed E-state index contributed by atoms with van der Waals surface area (Å²) >= 11 is 0. The van der Waals surface area contributed by atoms with Gasteiger partial charge in [0.25, 0.3) is 0 Å². The first-order chi connectivity index (χ1) is 15.0. The fraction of sp³-hybridized carbons (Fsp3) is 0.538. The fourth-order valence-electron chi connectivity index (χ4n) is 3.54. The van der Waals surface area contributed by atoms with Gasteiger partial charge >= 0.3 is 0 Å². The molecule has 5 heteroatoms. The van der Waals surface area contributed by atoms with E-state index in [1.165, 1.54) is 37.8 Å². The van der Waals surface area contributed by atoms with Gasteiger partial charge in [-0.1, -0.05) is 57.6 Å². The van der Waals surface area contributed by atoms with Crippen molar-refractivity contribution in [1.29, 1.82) is 0 Å². The van der Waals surface area contributed by atoms with Crippen molar-refractivity contribution in [2.45, 2.75) is 90.6 Å². The minimum atomic E-state index is -0.929. The van der Waals surface area contributed by atoms with Gasteiger partial charge in [-0.2, -0.15) is 0 Å². The lowest BCUT2D eigenvalue weighted by molar-refractivity contribution is 0.330. The summed E-state index contributed by atoms with van der Waals surface area (Å²) < 4.78 is 40.8. The maximum atomic E-state index is 14.2. The summed E-state index contributed by atoms with van der Waals surface area (Å²) in [6.45, 7) is 3.79. The number of alkyl halides is 1. The zero-order chi connectivity index (χ0) is 22.5. The summed E-state index contributed by atoms with van der Waals surface area (Å²) in [6, 6.07) is 4.04. The maximum Gasteiger partial charge on any atom is 0.169 e. The van der Waals surface area contributed by atoms with Gasteiger partial charge in [-0.3, -0.25) is 0 Å². The summed E-state index contributed by atoms with van der Waals surface area (Å²) in [6.07, 6.45) is 16.2. The second-order valence-electron chi connectivity index (χ2n) is 8.19. The predicted molar refractivity (Wildman–Crippen MR) is 123 cm³/mol. The first kappa shape index (κ1) is 25.1. The molecule has 1 aromatic carbocycles. The van der Waals surface area contributed by atoms with Crippen molar-refractivity contribution in [3.05, 3.63) is 53.4 Å². The van der Waals surface area contributed by atoms with E-state index in [0.29, 0.717) is 6.42 Å². The zero-order valence-electron chi connectivity index (χ0n) is 18.8. The molecule has 2 nitrogen and oxygen atoms in total. The molecule has 0 bridgehead atoms. The van der Waals surface area contributed by atoms with Crippen LogP contribution in [0.5, 0.6) is 0 Å². The van der Waals surface area contributed by atoms with E-state index < -0.39 is 17.8 Å². The Bertz CT molecular complexity index is 818. The number of rotatable bonds is 14. The van der Waals surface area contributed by atoms with Crippen molar-refractivity contribution in [2.75, 3.05) is 0 Å². The molecule has 1 atom stereocenters. The maximum absolute atomic E-state index is 14.2. The first-order valence-electron chi connectivity index (χ1n) is 11.6. The number of halogens is 3. The van der Waals surface area contributed by atoms with Crippen molar-refractivity contribution in [2.24, 2.45) is 0 Å². The minimum Gasteiger partial charge on any atom is -0.248 e. The van der Waals surface area contributed by atoms with Crippen molar-refractivity contribution in [3.8, 4) is 11.4 Å². The monoisotopic (exact) mass is 432 g/mol. The molecule has 31 heavy (non-hydrogen) atoms. The molecule has 0 aliphatic heterocycles. The van der Waals surface area contributed by atoms with Crippen LogP contribution in [0, 0.1) is 11.6 Å². The van der Waals surface area contributed by atoms with E-state index in [9.17, 15) is 13.2 Å². The third-order valence-electron chi connectivity index (χ3n) is 5.39. The van der Waals surface area contributed by atoms with Crippen LogP contribution in [0.3, 0.4) is 0 Å². The third-order valence-corrected chi connectivity index (χ3v) is 5.39. The topological polar surface area (TPSA) is 25.8 Å². The number of aromatic nitrogens is 2. The highest BCUT2D eigenvalue weighted by molar-refractivity contribution is 5.59. The number of hydrogen-bond donors (Lipinski definition) is 0. The quantitative estimate of drug-likeness (QED) is 0.281. The molecular formula is C26H35F3N2. The molecule has 0 aliphatic rings. The third kappa shape index (κ3) is 8.84. The highest BCUT2D eigenvalue weighted by Gasteiger charge is 2.14. The van der Waals surface area contributed by atoms with Crippen LogP contribution in [0.15, 0.2) is 30.5 Å². The second kappa shape index (κ2) is 14.0. The normalized spacial score (nSPS) is 12.5. The second-order valence-corrected chi connectivity index (χ2v) is 8.19. The van der Waals surface area contributed by atoms with Crippen molar-refractivity contribution in [1.82, 2.24) is 9.97 Å². The molecule has 0 amide bonds. The number of nitrogens with zero attached hydrogens (tertiary/aromatic N) is 2. The van der Waals surface area contributed by atoms with Crippen LogP contribution in [-0.4, -0.2) is 16.1 Å². The SMILES string of the molecule is CCCCCCCC=Cc1nc(-c2cccc(F)c2F)ncc1CCCCCC(C)F. The van der Waals surface area contributed by atoms with Crippen LogP contribution in [0.4, 0.5) is 13.2 Å². The van der Waals surface area contributed by atoms with Crippen molar-refractivity contribution in [3.63, 3.8) is 0 Å². The van der Waals surface area contributed by atoms with Gasteiger partial charge in [0.15, 0.2) is 17.5 Å². The molecule has 0 saturated carbocycles. The molecule has 0 aliphatic carbocycles. The molecule has 0 saturated heterocycles. The van der Waals surface area contributed by atoms with Gasteiger partial charge in [0.1, 0.15) is 0 Å². The molecule has 1 aromatic heterocycles. The van der Waals surface area contributed by atoms with Gasteiger partial charge in [0.05, 0.1) is 17.4 Å². The van der Waals surface area contributed by atoms with Crippen LogP contribution in [0.1, 0.15) is 89.3 Å². The van der Waals surface area contributed by atoms with Crippen LogP contribution >= 0.6 is 0 Å². The Morgan fingerprint density at radius 1 is 1.00 bits per heavy atom. The van der Waals surface area contributed by atoms with Gasteiger partial charge in [0, 0.05) is 6.20 Å². The highest BCUT2D eigenvalue weighted by atomic mass is 19.2. The highest BCUT2D eigenvalue weighted by Crippen LogP contribution is 2.23. The van der Waals surface area contributed by atoms with Gasteiger partial charge in [-0.25, -0.2) is 23.1 Å². The molecule has 2 rings (SSSR count). The van der Waals surface area contributed by atoms with Crippen LogP contribution in [-0.2, 0) is 6.42 Å². The van der Waals surface area contributed by atoms with Crippen molar-refractivity contribution < 1.29 is 13.2 Å². The van der Waals surface area contributed by atoms with Gasteiger partial charge < -0.3 is 0 Å². The first-order valence-corrected chi connectivity index (χ1v) is 11.6. The number of benzene rings is 1. The molecule has 1 unspecified atom stereocenters. The predicted octanol–water partition coefficient (Wildman–Crippen LogP) is 8.26. The number of allylic oxidation sites excluding steroid dienone is 1. The molecule has 2 aromatic rings. The molecule has 170 valence electrons. The number of unbranched alkanes of at least 4 members (excludes halogenated alkanes) is 7. The molecule has 0 spiro atoms. The molecule has 0 N–H and O–H groups in total. The number of hydrogen-bond acceptors (Lipinski definition) is 2. The summed E-state index contributed by atoms with van der Waals surface area (Å²) in [4.78, 5) is 8.86. The fourth-order valence-corrected chi connectivity index (χ4v) is 3.54.